The van der Waals surface area contributed by atoms with Gasteiger partial charge in [0.05, 0.1) is 19.1 Å². The molecule has 0 aliphatic carbocycles. The fourth-order valence-corrected chi connectivity index (χ4v) is 1.83. The first-order valence-corrected chi connectivity index (χ1v) is 6.61. The van der Waals surface area contributed by atoms with Gasteiger partial charge in [0.15, 0.2) is 0 Å². The average Bonchev–Trinajstić information content (AvgIpc) is 2.40. The Morgan fingerprint density at radius 1 is 1.26 bits per heavy atom. The van der Waals surface area contributed by atoms with Gasteiger partial charge >= 0.3 is 0 Å². The Balaban J connectivity index is 2.37. The molecule has 1 rings (SSSR count). The zero-order valence-electron chi connectivity index (χ0n) is 11.7. The maximum absolute atomic E-state index is 8.97. The van der Waals surface area contributed by atoms with E-state index in [2.05, 4.69) is 24.8 Å². The maximum atomic E-state index is 8.97. The van der Waals surface area contributed by atoms with Gasteiger partial charge in [-0.1, -0.05) is 12.1 Å². The molecule has 4 heteroatoms. The average molecular weight is 262 g/mol. The molecular weight excluding hydrogens is 240 g/mol. The van der Waals surface area contributed by atoms with Crippen molar-refractivity contribution in [2.24, 2.45) is 0 Å². The first-order chi connectivity index (χ1) is 9.17. The molecule has 4 nitrogen and oxygen atoms in total. The Morgan fingerprint density at radius 2 is 1.95 bits per heavy atom. The molecule has 1 aromatic rings. The summed E-state index contributed by atoms with van der Waals surface area (Å²) in [4.78, 5) is 2.17. The molecular formula is C15H22N2O2. The van der Waals surface area contributed by atoms with Crippen molar-refractivity contribution in [3.63, 3.8) is 0 Å². The van der Waals surface area contributed by atoms with Gasteiger partial charge in [0.1, 0.15) is 12.4 Å². The topological polar surface area (TPSA) is 56.5 Å². The van der Waals surface area contributed by atoms with Gasteiger partial charge in [-0.2, -0.15) is 5.26 Å². The SMILES string of the molecule is CC(C)N(CCO)CCOc1ccc(CC#N)cc1. The van der Waals surface area contributed by atoms with Crippen LogP contribution in [0.5, 0.6) is 5.75 Å². The van der Waals surface area contributed by atoms with Crippen molar-refractivity contribution >= 4 is 0 Å². The van der Waals surface area contributed by atoms with E-state index in [1.165, 1.54) is 0 Å². The normalized spacial score (nSPS) is 10.7. The van der Waals surface area contributed by atoms with Gasteiger partial charge in [-0.15, -0.1) is 0 Å². The molecule has 0 spiro atoms. The fourth-order valence-electron chi connectivity index (χ4n) is 1.83. The van der Waals surface area contributed by atoms with E-state index in [-0.39, 0.29) is 6.61 Å². The lowest BCUT2D eigenvalue weighted by Gasteiger charge is -2.25. The number of nitriles is 1. The van der Waals surface area contributed by atoms with Gasteiger partial charge in [0, 0.05) is 19.1 Å². The summed E-state index contributed by atoms with van der Waals surface area (Å²) >= 11 is 0. The highest BCUT2D eigenvalue weighted by atomic mass is 16.5. The Bertz CT molecular complexity index is 396. The van der Waals surface area contributed by atoms with Crippen LogP contribution in [0.25, 0.3) is 0 Å². The number of aliphatic hydroxyl groups is 1. The minimum atomic E-state index is 0.168. The second-order valence-electron chi connectivity index (χ2n) is 4.68. The number of hydrogen-bond donors (Lipinski definition) is 1. The summed E-state index contributed by atoms with van der Waals surface area (Å²) in [6.07, 6.45) is 0.428. The summed E-state index contributed by atoms with van der Waals surface area (Å²) in [5.41, 5.74) is 0.999. The molecule has 0 bridgehead atoms. The van der Waals surface area contributed by atoms with Crippen molar-refractivity contribution in [3.8, 4) is 11.8 Å². The highest BCUT2D eigenvalue weighted by Crippen LogP contribution is 2.12. The van der Waals surface area contributed by atoms with Gasteiger partial charge in [-0.3, -0.25) is 4.90 Å². The zero-order chi connectivity index (χ0) is 14.1. The lowest BCUT2D eigenvalue weighted by Crippen LogP contribution is -2.36. The van der Waals surface area contributed by atoms with Gasteiger partial charge in [-0.25, -0.2) is 0 Å². The number of nitrogens with zero attached hydrogens (tertiary/aromatic N) is 2. The third-order valence-corrected chi connectivity index (χ3v) is 2.97. The van der Waals surface area contributed by atoms with Gasteiger partial charge in [0.25, 0.3) is 0 Å². The lowest BCUT2D eigenvalue weighted by atomic mass is 10.2. The van der Waals surface area contributed by atoms with Crippen molar-refractivity contribution in [2.45, 2.75) is 26.3 Å². The minimum Gasteiger partial charge on any atom is -0.492 e. The zero-order valence-corrected chi connectivity index (χ0v) is 11.7. The van der Waals surface area contributed by atoms with Crippen LogP contribution in [0.1, 0.15) is 19.4 Å². The molecule has 0 saturated heterocycles. The first kappa shape index (κ1) is 15.5. The standard InChI is InChI=1S/C15H22N2O2/c1-13(2)17(9-11-18)10-12-19-15-5-3-14(4-6-15)7-8-16/h3-6,13,18H,7,9-12H2,1-2H3. The summed E-state index contributed by atoms with van der Waals surface area (Å²) in [6, 6.07) is 10.1. The third-order valence-electron chi connectivity index (χ3n) is 2.97. The van der Waals surface area contributed by atoms with Crippen molar-refractivity contribution in [2.75, 3.05) is 26.3 Å². The van der Waals surface area contributed by atoms with Crippen molar-refractivity contribution in [1.82, 2.24) is 4.90 Å². The van der Waals surface area contributed by atoms with Crippen molar-refractivity contribution < 1.29 is 9.84 Å². The van der Waals surface area contributed by atoms with Crippen LogP contribution < -0.4 is 4.74 Å². The predicted molar refractivity (Wildman–Crippen MR) is 75.0 cm³/mol. The molecule has 0 heterocycles. The van der Waals surface area contributed by atoms with Crippen LogP contribution in [0.3, 0.4) is 0 Å². The summed E-state index contributed by atoms with van der Waals surface area (Å²) in [5, 5.41) is 17.6. The smallest absolute Gasteiger partial charge is 0.119 e. The molecule has 0 aromatic heterocycles. The quantitative estimate of drug-likeness (QED) is 0.776. The highest BCUT2D eigenvalue weighted by molar-refractivity contribution is 5.28. The predicted octanol–water partition coefficient (Wildman–Crippen LogP) is 1.83. The van der Waals surface area contributed by atoms with Crippen LogP contribution in [-0.2, 0) is 6.42 Å². The van der Waals surface area contributed by atoms with Crippen LogP contribution >= 0.6 is 0 Å². The van der Waals surface area contributed by atoms with Gasteiger partial charge in [0.2, 0.25) is 0 Å². The number of rotatable bonds is 8. The molecule has 0 radical (unpaired) electrons. The number of ether oxygens (including phenoxy) is 1. The largest absolute Gasteiger partial charge is 0.492 e. The van der Waals surface area contributed by atoms with E-state index in [9.17, 15) is 0 Å². The van der Waals surface area contributed by atoms with E-state index >= 15 is 0 Å². The number of aliphatic hydroxyl groups excluding tert-OH is 1. The molecule has 0 unspecified atom stereocenters. The molecule has 0 fully saturated rings. The third kappa shape index (κ3) is 5.73. The molecule has 1 N–H and O–H groups in total. The summed E-state index contributed by atoms with van der Waals surface area (Å²) in [7, 11) is 0. The van der Waals surface area contributed by atoms with Crippen LogP contribution in [0.15, 0.2) is 24.3 Å². The summed E-state index contributed by atoms with van der Waals surface area (Å²) in [6.45, 7) is 6.43. The molecule has 0 aliphatic rings. The molecule has 0 saturated carbocycles. The van der Waals surface area contributed by atoms with Gasteiger partial charge < -0.3 is 9.84 Å². The van der Waals surface area contributed by atoms with Crippen molar-refractivity contribution in [1.29, 1.82) is 5.26 Å². The molecule has 0 amide bonds. The Hall–Kier alpha value is -1.57. The Morgan fingerprint density at radius 3 is 2.47 bits per heavy atom. The van der Waals surface area contributed by atoms with E-state index in [0.29, 0.717) is 25.6 Å². The molecule has 19 heavy (non-hydrogen) atoms. The first-order valence-electron chi connectivity index (χ1n) is 6.61. The minimum absolute atomic E-state index is 0.168. The molecule has 0 aliphatic heterocycles. The molecule has 104 valence electrons. The second kappa shape index (κ2) is 8.52. The van der Waals surface area contributed by atoms with E-state index in [1.807, 2.05) is 24.3 Å². The maximum Gasteiger partial charge on any atom is 0.119 e. The van der Waals surface area contributed by atoms with Crippen LogP contribution in [0, 0.1) is 11.3 Å². The van der Waals surface area contributed by atoms with Crippen LogP contribution in [-0.4, -0.2) is 42.4 Å². The Kier molecular flexibility index (Phi) is 6.94. The lowest BCUT2D eigenvalue weighted by molar-refractivity contribution is 0.141. The van der Waals surface area contributed by atoms with E-state index in [0.717, 1.165) is 17.9 Å². The number of benzene rings is 1. The summed E-state index contributed by atoms with van der Waals surface area (Å²) in [5.74, 6) is 0.814. The van der Waals surface area contributed by atoms with Crippen LogP contribution in [0.2, 0.25) is 0 Å². The molecule has 0 atom stereocenters. The van der Waals surface area contributed by atoms with Crippen LogP contribution in [0.4, 0.5) is 0 Å². The Labute approximate surface area is 115 Å². The summed E-state index contributed by atoms with van der Waals surface area (Å²) < 4.78 is 5.66. The monoisotopic (exact) mass is 262 g/mol. The van der Waals surface area contributed by atoms with E-state index < -0.39 is 0 Å². The van der Waals surface area contributed by atoms with Gasteiger partial charge in [-0.05, 0) is 31.5 Å². The fraction of sp³-hybridized carbons (Fsp3) is 0.533. The number of hydrogen-bond acceptors (Lipinski definition) is 4. The molecule has 1 aromatic carbocycles. The van der Waals surface area contributed by atoms with E-state index in [4.69, 9.17) is 15.1 Å². The highest BCUT2D eigenvalue weighted by Gasteiger charge is 2.08. The van der Waals surface area contributed by atoms with Crippen molar-refractivity contribution in [3.05, 3.63) is 29.8 Å². The second-order valence-corrected chi connectivity index (χ2v) is 4.68. The van der Waals surface area contributed by atoms with E-state index in [1.54, 1.807) is 0 Å².